The summed E-state index contributed by atoms with van der Waals surface area (Å²) in [5, 5.41) is 7.14. The Morgan fingerprint density at radius 1 is 0.947 bits per heavy atom. The summed E-state index contributed by atoms with van der Waals surface area (Å²) < 4.78 is 0. The number of piperidine rings is 1. The van der Waals surface area contributed by atoms with Crippen LogP contribution >= 0.6 is 0 Å². The maximum atomic E-state index is 3.69. The van der Waals surface area contributed by atoms with E-state index >= 15 is 0 Å². The van der Waals surface area contributed by atoms with E-state index < -0.39 is 0 Å². The number of hydrogen-bond donors (Lipinski definition) is 2. The van der Waals surface area contributed by atoms with Gasteiger partial charge in [-0.25, -0.2) is 0 Å². The van der Waals surface area contributed by atoms with E-state index in [1.807, 2.05) is 0 Å². The fourth-order valence-corrected chi connectivity index (χ4v) is 2.67. The van der Waals surface area contributed by atoms with E-state index in [0.29, 0.717) is 6.04 Å². The lowest BCUT2D eigenvalue weighted by Crippen LogP contribution is -2.38. The van der Waals surface area contributed by atoms with Crippen LogP contribution in [0.5, 0.6) is 0 Å². The van der Waals surface area contributed by atoms with Crippen molar-refractivity contribution in [1.29, 1.82) is 0 Å². The van der Waals surface area contributed by atoms with E-state index in [9.17, 15) is 0 Å². The van der Waals surface area contributed by atoms with Gasteiger partial charge in [0.15, 0.2) is 0 Å². The number of hydrogen-bond acceptors (Lipinski definition) is 2. The van der Waals surface area contributed by atoms with Gasteiger partial charge < -0.3 is 10.6 Å². The molecule has 1 unspecified atom stereocenters. The average molecular weight is 252 g/mol. The molecule has 0 spiro atoms. The van der Waals surface area contributed by atoms with Crippen LogP contribution in [-0.4, -0.2) is 19.1 Å². The molecule has 1 atom stereocenters. The molecule has 2 aromatic carbocycles. The summed E-state index contributed by atoms with van der Waals surface area (Å²) >= 11 is 0. The van der Waals surface area contributed by atoms with Gasteiger partial charge in [-0.15, -0.1) is 0 Å². The lowest BCUT2D eigenvalue weighted by molar-refractivity contribution is 0.480. The molecule has 1 aliphatic rings. The molecule has 1 aliphatic heterocycles. The fourth-order valence-electron chi connectivity index (χ4n) is 2.67. The van der Waals surface area contributed by atoms with E-state index in [2.05, 4.69) is 65.2 Å². The normalized spacial score (nSPS) is 19.1. The summed E-state index contributed by atoms with van der Waals surface area (Å²) in [4.78, 5) is 0. The van der Waals surface area contributed by atoms with E-state index in [1.54, 1.807) is 0 Å². The van der Waals surface area contributed by atoms with E-state index in [1.165, 1.54) is 29.7 Å². The SMILES string of the molecule is c1ccc(-c2ccccc2NC2CCCNC2)cc1. The minimum atomic E-state index is 0.540. The monoisotopic (exact) mass is 252 g/mol. The standard InChI is InChI=1S/C17H20N2/c1-2-7-14(8-3-1)16-10-4-5-11-17(16)19-15-9-6-12-18-13-15/h1-5,7-8,10-11,15,18-19H,6,9,12-13H2. The molecular weight excluding hydrogens is 232 g/mol. The zero-order valence-electron chi connectivity index (χ0n) is 11.1. The van der Waals surface area contributed by atoms with Crippen molar-refractivity contribution in [3.63, 3.8) is 0 Å². The second kappa shape index (κ2) is 5.89. The van der Waals surface area contributed by atoms with Gasteiger partial charge in [0, 0.05) is 23.8 Å². The first-order chi connectivity index (χ1) is 9.43. The zero-order chi connectivity index (χ0) is 12.9. The molecule has 1 fully saturated rings. The maximum Gasteiger partial charge on any atom is 0.0422 e. The molecule has 2 heteroatoms. The van der Waals surface area contributed by atoms with E-state index in [4.69, 9.17) is 0 Å². The Labute approximate surface area is 114 Å². The molecule has 2 N–H and O–H groups in total. The molecule has 2 aromatic rings. The van der Waals surface area contributed by atoms with Crippen LogP contribution < -0.4 is 10.6 Å². The zero-order valence-corrected chi connectivity index (χ0v) is 11.1. The van der Waals surface area contributed by atoms with Gasteiger partial charge in [0.05, 0.1) is 0 Å². The summed E-state index contributed by atoms with van der Waals surface area (Å²) in [5.41, 5.74) is 3.80. The second-order valence-corrected chi connectivity index (χ2v) is 5.10. The summed E-state index contributed by atoms with van der Waals surface area (Å²) in [7, 11) is 0. The minimum absolute atomic E-state index is 0.540. The number of benzene rings is 2. The predicted molar refractivity (Wildman–Crippen MR) is 81.4 cm³/mol. The maximum absolute atomic E-state index is 3.69. The lowest BCUT2D eigenvalue weighted by atomic mass is 10.0. The first-order valence-electron chi connectivity index (χ1n) is 7.05. The topological polar surface area (TPSA) is 24.1 Å². The fraction of sp³-hybridized carbons (Fsp3) is 0.294. The van der Waals surface area contributed by atoms with Gasteiger partial charge >= 0.3 is 0 Å². The molecule has 0 amide bonds. The lowest BCUT2D eigenvalue weighted by Gasteiger charge is -2.26. The third kappa shape index (κ3) is 2.96. The highest BCUT2D eigenvalue weighted by molar-refractivity contribution is 5.77. The van der Waals surface area contributed by atoms with Crippen LogP contribution in [0.4, 0.5) is 5.69 Å². The summed E-state index contributed by atoms with van der Waals surface area (Å²) in [6, 6.07) is 19.7. The van der Waals surface area contributed by atoms with Crippen molar-refractivity contribution < 1.29 is 0 Å². The minimum Gasteiger partial charge on any atom is -0.381 e. The molecule has 0 bridgehead atoms. The highest BCUT2D eigenvalue weighted by Gasteiger charge is 2.14. The first kappa shape index (κ1) is 12.2. The molecule has 0 aromatic heterocycles. The van der Waals surface area contributed by atoms with Gasteiger partial charge in [-0.3, -0.25) is 0 Å². The highest BCUT2D eigenvalue weighted by Crippen LogP contribution is 2.28. The smallest absolute Gasteiger partial charge is 0.0422 e. The van der Waals surface area contributed by atoms with Crippen LogP contribution in [0, 0.1) is 0 Å². The van der Waals surface area contributed by atoms with Crippen LogP contribution in [0.3, 0.4) is 0 Å². The van der Waals surface area contributed by atoms with Gasteiger partial charge in [0.1, 0.15) is 0 Å². The van der Waals surface area contributed by atoms with Crippen molar-refractivity contribution in [3.05, 3.63) is 54.6 Å². The average Bonchev–Trinajstić information content (AvgIpc) is 2.50. The molecule has 98 valence electrons. The Morgan fingerprint density at radius 3 is 2.53 bits per heavy atom. The molecule has 1 heterocycles. The van der Waals surface area contributed by atoms with Crippen molar-refractivity contribution >= 4 is 5.69 Å². The van der Waals surface area contributed by atoms with Crippen molar-refractivity contribution in [2.75, 3.05) is 18.4 Å². The summed E-state index contributed by atoms with van der Waals surface area (Å²) in [6.07, 6.45) is 2.50. The van der Waals surface area contributed by atoms with Crippen molar-refractivity contribution in [3.8, 4) is 11.1 Å². The summed E-state index contributed by atoms with van der Waals surface area (Å²) in [6.45, 7) is 2.21. The number of para-hydroxylation sites is 1. The Balaban J connectivity index is 1.85. The number of rotatable bonds is 3. The van der Waals surface area contributed by atoms with Crippen LogP contribution in [0.1, 0.15) is 12.8 Å². The largest absolute Gasteiger partial charge is 0.381 e. The van der Waals surface area contributed by atoms with Crippen LogP contribution in [0.25, 0.3) is 11.1 Å². The van der Waals surface area contributed by atoms with Crippen LogP contribution in [0.15, 0.2) is 54.6 Å². The third-order valence-corrected chi connectivity index (χ3v) is 3.67. The van der Waals surface area contributed by atoms with Crippen LogP contribution in [-0.2, 0) is 0 Å². The molecule has 0 aliphatic carbocycles. The molecule has 1 saturated heterocycles. The molecule has 2 nitrogen and oxygen atoms in total. The van der Waals surface area contributed by atoms with Crippen molar-refractivity contribution in [2.24, 2.45) is 0 Å². The Morgan fingerprint density at radius 2 is 1.74 bits per heavy atom. The first-order valence-corrected chi connectivity index (χ1v) is 7.05. The molecule has 0 saturated carbocycles. The van der Waals surface area contributed by atoms with Gasteiger partial charge in [-0.05, 0) is 31.0 Å². The molecule has 19 heavy (non-hydrogen) atoms. The highest BCUT2D eigenvalue weighted by atomic mass is 15.0. The number of anilines is 1. The van der Waals surface area contributed by atoms with E-state index in [0.717, 1.165) is 13.1 Å². The molecule has 3 rings (SSSR count). The van der Waals surface area contributed by atoms with Gasteiger partial charge in [-0.2, -0.15) is 0 Å². The summed E-state index contributed by atoms with van der Waals surface area (Å²) in [5.74, 6) is 0. The third-order valence-electron chi connectivity index (χ3n) is 3.67. The van der Waals surface area contributed by atoms with Gasteiger partial charge in [-0.1, -0.05) is 48.5 Å². The predicted octanol–water partition coefficient (Wildman–Crippen LogP) is 3.52. The van der Waals surface area contributed by atoms with E-state index in [-0.39, 0.29) is 0 Å². The van der Waals surface area contributed by atoms with Gasteiger partial charge in [0.25, 0.3) is 0 Å². The van der Waals surface area contributed by atoms with Crippen molar-refractivity contribution in [1.82, 2.24) is 5.32 Å². The second-order valence-electron chi connectivity index (χ2n) is 5.10. The van der Waals surface area contributed by atoms with Crippen LogP contribution in [0.2, 0.25) is 0 Å². The van der Waals surface area contributed by atoms with Gasteiger partial charge in [0.2, 0.25) is 0 Å². The quantitative estimate of drug-likeness (QED) is 0.873. The molecule has 0 radical (unpaired) electrons. The Bertz CT molecular complexity index is 516. The Kier molecular flexibility index (Phi) is 3.80. The number of nitrogens with one attached hydrogen (secondary N) is 2. The van der Waals surface area contributed by atoms with Crippen molar-refractivity contribution in [2.45, 2.75) is 18.9 Å². The Hall–Kier alpha value is -1.80. The molecular formula is C17H20N2.